The van der Waals surface area contributed by atoms with Crippen LogP contribution in [0.3, 0.4) is 0 Å². The number of sulfonamides is 1. The number of nitrogens with zero attached hydrogens (tertiary/aromatic N) is 1. The average molecular weight is 376 g/mol. The molecular weight excluding hydrogens is 355 g/mol. The number of hydrogen-bond donors (Lipinski definition) is 1. The second-order valence-electron chi connectivity index (χ2n) is 6.51. The molecule has 0 radical (unpaired) electrons. The molecule has 138 valence electrons. The molecule has 0 spiro atoms. The van der Waals surface area contributed by atoms with E-state index in [4.69, 9.17) is 0 Å². The SMILES string of the molecule is Cc1ccc(NC(=O)c2ccc(C)c(N3CCCCS3(=O)=O)c2)cc1F. The van der Waals surface area contributed by atoms with Crippen LogP contribution >= 0.6 is 0 Å². The molecule has 0 unspecified atom stereocenters. The summed E-state index contributed by atoms with van der Waals surface area (Å²) in [5, 5.41) is 2.65. The summed E-state index contributed by atoms with van der Waals surface area (Å²) in [4.78, 5) is 12.5. The first-order chi connectivity index (χ1) is 12.3. The summed E-state index contributed by atoms with van der Waals surface area (Å²) in [5.74, 6) is -0.693. The van der Waals surface area contributed by atoms with Crippen LogP contribution < -0.4 is 9.62 Å². The van der Waals surface area contributed by atoms with Crippen molar-refractivity contribution < 1.29 is 17.6 Å². The maximum Gasteiger partial charge on any atom is 0.255 e. The standard InChI is InChI=1S/C19H21FN2O3S/c1-13-6-8-16(12-17(13)20)21-19(23)15-7-5-14(2)18(11-15)22-9-3-4-10-26(22,24)25/h5-8,11-12H,3-4,9-10H2,1-2H3,(H,21,23). The predicted molar refractivity (Wildman–Crippen MR) is 101 cm³/mol. The summed E-state index contributed by atoms with van der Waals surface area (Å²) in [6.45, 7) is 3.88. The largest absolute Gasteiger partial charge is 0.322 e. The zero-order chi connectivity index (χ0) is 18.9. The number of hydrogen-bond acceptors (Lipinski definition) is 3. The molecule has 0 saturated carbocycles. The van der Waals surface area contributed by atoms with Gasteiger partial charge in [-0.05, 0) is 62.1 Å². The zero-order valence-electron chi connectivity index (χ0n) is 14.8. The molecule has 0 atom stereocenters. The lowest BCUT2D eigenvalue weighted by atomic mass is 10.1. The molecule has 3 rings (SSSR count). The number of aryl methyl sites for hydroxylation is 2. The number of halogens is 1. The Kier molecular flexibility index (Phi) is 5.00. The lowest BCUT2D eigenvalue weighted by Crippen LogP contribution is -2.38. The van der Waals surface area contributed by atoms with Crippen molar-refractivity contribution in [2.75, 3.05) is 21.9 Å². The van der Waals surface area contributed by atoms with Crippen molar-refractivity contribution in [1.29, 1.82) is 0 Å². The van der Waals surface area contributed by atoms with Gasteiger partial charge in [0.05, 0.1) is 11.4 Å². The maximum absolute atomic E-state index is 13.7. The van der Waals surface area contributed by atoms with E-state index < -0.39 is 21.7 Å². The first-order valence-corrected chi connectivity index (χ1v) is 10.1. The van der Waals surface area contributed by atoms with Gasteiger partial charge >= 0.3 is 0 Å². The average Bonchev–Trinajstić information content (AvgIpc) is 2.58. The van der Waals surface area contributed by atoms with Gasteiger partial charge in [-0.3, -0.25) is 9.10 Å². The van der Waals surface area contributed by atoms with Gasteiger partial charge in [0.15, 0.2) is 0 Å². The minimum atomic E-state index is -3.36. The minimum absolute atomic E-state index is 0.117. The van der Waals surface area contributed by atoms with Gasteiger partial charge in [-0.25, -0.2) is 12.8 Å². The normalized spacial score (nSPS) is 16.3. The number of benzene rings is 2. The zero-order valence-corrected chi connectivity index (χ0v) is 15.6. The van der Waals surface area contributed by atoms with Gasteiger partial charge in [-0.15, -0.1) is 0 Å². The van der Waals surface area contributed by atoms with Crippen molar-refractivity contribution in [3.05, 3.63) is 58.9 Å². The molecule has 0 bridgehead atoms. The summed E-state index contributed by atoms with van der Waals surface area (Å²) in [5.41, 5.74) is 2.48. The Morgan fingerprint density at radius 2 is 1.81 bits per heavy atom. The molecule has 1 aliphatic rings. The van der Waals surface area contributed by atoms with Gasteiger partial charge in [-0.2, -0.15) is 0 Å². The summed E-state index contributed by atoms with van der Waals surface area (Å²) in [6.07, 6.45) is 1.44. The van der Waals surface area contributed by atoms with E-state index in [-0.39, 0.29) is 5.75 Å². The Bertz CT molecular complexity index is 957. The molecule has 0 aromatic heterocycles. The molecule has 26 heavy (non-hydrogen) atoms. The number of carbonyl (C=O) groups excluding carboxylic acids is 1. The topological polar surface area (TPSA) is 66.5 Å². The van der Waals surface area contributed by atoms with Crippen LogP contribution in [0.4, 0.5) is 15.8 Å². The fourth-order valence-electron chi connectivity index (χ4n) is 2.95. The molecule has 5 nitrogen and oxygen atoms in total. The number of nitrogens with one attached hydrogen (secondary N) is 1. The van der Waals surface area contributed by atoms with E-state index in [1.807, 2.05) is 6.92 Å². The molecule has 1 fully saturated rings. The van der Waals surface area contributed by atoms with Crippen LogP contribution in [0.25, 0.3) is 0 Å². The number of amides is 1. The molecular formula is C19H21FN2O3S. The van der Waals surface area contributed by atoms with Crippen LogP contribution in [-0.2, 0) is 10.0 Å². The highest BCUT2D eigenvalue weighted by atomic mass is 32.2. The van der Waals surface area contributed by atoms with Crippen molar-refractivity contribution in [2.24, 2.45) is 0 Å². The predicted octanol–water partition coefficient (Wildman–Crippen LogP) is 3.62. The highest BCUT2D eigenvalue weighted by Gasteiger charge is 2.27. The number of rotatable bonds is 3. The van der Waals surface area contributed by atoms with E-state index in [2.05, 4.69) is 5.32 Å². The number of anilines is 2. The Labute approximate surface area is 152 Å². The van der Waals surface area contributed by atoms with Gasteiger partial charge in [0.25, 0.3) is 5.91 Å². The molecule has 2 aromatic carbocycles. The molecule has 1 aliphatic heterocycles. The lowest BCUT2D eigenvalue weighted by molar-refractivity contribution is 0.102. The summed E-state index contributed by atoms with van der Waals surface area (Å²) < 4.78 is 39.8. The Morgan fingerprint density at radius 1 is 1.08 bits per heavy atom. The maximum atomic E-state index is 13.7. The highest BCUT2D eigenvalue weighted by Crippen LogP contribution is 2.28. The number of carbonyl (C=O) groups is 1. The fraction of sp³-hybridized carbons (Fsp3) is 0.316. The Morgan fingerprint density at radius 3 is 2.50 bits per heavy atom. The third-order valence-corrected chi connectivity index (χ3v) is 6.37. The lowest BCUT2D eigenvalue weighted by Gasteiger charge is -2.29. The molecule has 0 aliphatic carbocycles. The van der Waals surface area contributed by atoms with Crippen LogP contribution in [0.15, 0.2) is 36.4 Å². The molecule has 1 amide bonds. The minimum Gasteiger partial charge on any atom is -0.322 e. The van der Waals surface area contributed by atoms with E-state index in [1.54, 1.807) is 37.3 Å². The smallest absolute Gasteiger partial charge is 0.255 e. The quantitative estimate of drug-likeness (QED) is 0.890. The second kappa shape index (κ2) is 7.07. The monoisotopic (exact) mass is 376 g/mol. The highest BCUT2D eigenvalue weighted by molar-refractivity contribution is 7.92. The molecule has 1 saturated heterocycles. The third-order valence-electron chi connectivity index (χ3n) is 4.52. The van der Waals surface area contributed by atoms with E-state index in [0.29, 0.717) is 35.5 Å². The van der Waals surface area contributed by atoms with Gasteiger partial charge in [0.1, 0.15) is 5.82 Å². The molecule has 2 aromatic rings. The van der Waals surface area contributed by atoms with Crippen LogP contribution in [0, 0.1) is 19.7 Å². The van der Waals surface area contributed by atoms with Crippen molar-refractivity contribution in [3.63, 3.8) is 0 Å². The molecule has 1 N–H and O–H groups in total. The van der Waals surface area contributed by atoms with Gasteiger partial charge < -0.3 is 5.32 Å². The van der Waals surface area contributed by atoms with E-state index >= 15 is 0 Å². The van der Waals surface area contributed by atoms with Crippen molar-refractivity contribution in [2.45, 2.75) is 26.7 Å². The summed E-state index contributed by atoms with van der Waals surface area (Å²) in [6, 6.07) is 9.42. The second-order valence-corrected chi connectivity index (χ2v) is 8.53. The first-order valence-electron chi connectivity index (χ1n) is 8.46. The summed E-state index contributed by atoms with van der Waals surface area (Å²) >= 11 is 0. The Balaban J connectivity index is 1.89. The van der Waals surface area contributed by atoms with Crippen molar-refractivity contribution in [1.82, 2.24) is 0 Å². The Hall–Kier alpha value is -2.41. The first kappa shape index (κ1) is 18.4. The van der Waals surface area contributed by atoms with Crippen molar-refractivity contribution in [3.8, 4) is 0 Å². The van der Waals surface area contributed by atoms with Gasteiger partial charge in [0, 0.05) is 17.8 Å². The fourth-order valence-corrected chi connectivity index (χ4v) is 4.65. The third kappa shape index (κ3) is 3.72. The van der Waals surface area contributed by atoms with Crippen LogP contribution in [0.2, 0.25) is 0 Å². The van der Waals surface area contributed by atoms with Gasteiger partial charge in [-0.1, -0.05) is 12.1 Å². The summed E-state index contributed by atoms with van der Waals surface area (Å²) in [7, 11) is -3.36. The molecule has 1 heterocycles. The van der Waals surface area contributed by atoms with E-state index in [0.717, 1.165) is 12.0 Å². The van der Waals surface area contributed by atoms with Crippen molar-refractivity contribution >= 4 is 27.3 Å². The van der Waals surface area contributed by atoms with Crippen LogP contribution in [-0.4, -0.2) is 26.6 Å². The molecule has 7 heteroatoms. The van der Waals surface area contributed by atoms with Crippen LogP contribution in [0.5, 0.6) is 0 Å². The van der Waals surface area contributed by atoms with Crippen LogP contribution in [0.1, 0.15) is 34.3 Å². The van der Waals surface area contributed by atoms with E-state index in [9.17, 15) is 17.6 Å². The van der Waals surface area contributed by atoms with E-state index in [1.165, 1.54) is 10.4 Å². The van der Waals surface area contributed by atoms with Gasteiger partial charge in [0.2, 0.25) is 10.0 Å².